The van der Waals surface area contributed by atoms with Gasteiger partial charge >= 0.3 is 12.1 Å². The van der Waals surface area contributed by atoms with Gasteiger partial charge in [0, 0.05) is 11.9 Å². The van der Waals surface area contributed by atoms with Crippen molar-refractivity contribution in [2.24, 2.45) is 0 Å². The van der Waals surface area contributed by atoms with E-state index in [-0.39, 0.29) is 11.4 Å². The molecule has 25 heavy (non-hydrogen) atoms. The number of nitrogens with one attached hydrogen (secondary N) is 1. The van der Waals surface area contributed by atoms with Crippen LogP contribution in [0.1, 0.15) is 23.0 Å². The van der Waals surface area contributed by atoms with Crippen molar-refractivity contribution in [3.05, 3.63) is 58.9 Å². The lowest BCUT2D eigenvalue weighted by Crippen LogP contribution is -2.30. The molecule has 5 nitrogen and oxygen atoms in total. The number of benzene rings is 1. The molecule has 1 atom stereocenters. The summed E-state index contributed by atoms with van der Waals surface area (Å²) in [5.41, 5.74) is -1.19. The minimum absolute atomic E-state index is 0.00741. The lowest BCUT2D eigenvalue weighted by molar-refractivity contribution is -0.137. The lowest BCUT2D eigenvalue weighted by Gasteiger charge is -2.15. The topological polar surface area (TPSA) is 68.3 Å². The summed E-state index contributed by atoms with van der Waals surface area (Å²) in [6.07, 6.45) is -4.51. The van der Waals surface area contributed by atoms with Crippen LogP contribution in [0, 0.1) is 0 Å². The Balaban J connectivity index is 2.05. The van der Waals surface area contributed by atoms with Gasteiger partial charge in [-0.3, -0.25) is 4.79 Å². The van der Waals surface area contributed by atoms with E-state index in [1.165, 1.54) is 25.3 Å². The molecule has 1 amide bonds. The molecule has 132 valence electrons. The van der Waals surface area contributed by atoms with Crippen molar-refractivity contribution >= 4 is 29.2 Å². The fourth-order valence-electron chi connectivity index (χ4n) is 1.82. The van der Waals surface area contributed by atoms with Crippen LogP contribution in [0.2, 0.25) is 5.02 Å². The van der Waals surface area contributed by atoms with Gasteiger partial charge in [-0.05, 0) is 37.3 Å². The van der Waals surface area contributed by atoms with Gasteiger partial charge in [0.2, 0.25) is 0 Å². The summed E-state index contributed by atoms with van der Waals surface area (Å²) in [6, 6.07) is 7.51. The number of hydrogen-bond acceptors (Lipinski definition) is 4. The van der Waals surface area contributed by atoms with Crippen molar-refractivity contribution in [3.63, 3.8) is 0 Å². The highest BCUT2D eigenvalue weighted by Gasteiger charge is 2.33. The van der Waals surface area contributed by atoms with E-state index in [2.05, 4.69) is 10.3 Å². The van der Waals surface area contributed by atoms with E-state index in [0.717, 1.165) is 6.07 Å². The minimum Gasteiger partial charge on any atom is -0.448 e. The van der Waals surface area contributed by atoms with Gasteiger partial charge in [-0.2, -0.15) is 13.2 Å². The Kier molecular flexibility index (Phi) is 5.63. The number of esters is 1. The Hall–Kier alpha value is -2.61. The van der Waals surface area contributed by atoms with Crippen molar-refractivity contribution in [1.29, 1.82) is 0 Å². The largest absolute Gasteiger partial charge is 0.448 e. The third kappa shape index (κ3) is 4.93. The molecule has 1 unspecified atom stereocenters. The van der Waals surface area contributed by atoms with Crippen molar-refractivity contribution in [2.75, 3.05) is 5.32 Å². The molecule has 0 radical (unpaired) electrons. The fraction of sp³-hybridized carbons (Fsp3) is 0.188. The molecule has 1 heterocycles. The highest BCUT2D eigenvalue weighted by atomic mass is 35.5. The van der Waals surface area contributed by atoms with Crippen LogP contribution < -0.4 is 5.32 Å². The summed E-state index contributed by atoms with van der Waals surface area (Å²) in [5, 5.41) is 1.76. The molecule has 1 aromatic heterocycles. The second-order valence-electron chi connectivity index (χ2n) is 4.94. The predicted molar refractivity (Wildman–Crippen MR) is 84.2 cm³/mol. The Morgan fingerprint density at radius 3 is 2.56 bits per heavy atom. The lowest BCUT2D eigenvalue weighted by atomic mass is 10.2. The maximum absolute atomic E-state index is 12.8. The second kappa shape index (κ2) is 7.52. The van der Waals surface area contributed by atoms with Crippen molar-refractivity contribution in [1.82, 2.24) is 4.98 Å². The van der Waals surface area contributed by atoms with Crippen LogP contribution >= 0.6 is 11.6 Å². The van der Waals surface area contributed by atoms with Gasteiger partial charge in [-0.15, -0.1) is 0 Å². The molecule has 0 aliphatic rings. The number of carbonyl (C=O) groups excluding carboxylic acids is 2. The predicted octanol–water partition coefficient (Wildman–Crippen LogP) is 3.94. The first-order valence-corrected chi connectivity index (χ1v) is 7.36. The molecule has 0 aliphatic heterocycles. The number of pyridine rings is 1. The number of anilines is 1. The summed E-state index contributed by atoms with van der Waals surface area (Å²) >= 11 is 5.51. The average molecular weight is 373 g/mol. The number of halogens is 4. The maximum atomic E-state index is 12.8. The SMILES string of the molecule is CC(OC(=O)c1ccccn1)C(=O)Nc1ccc(Cl)c(C(F)(F)F)c1. The monoisotopic (exact) mass is 372 g/mol. The zero-order valence-electron chi connectivity index (χ0n) is 12.8. The molecule has 0 spiro atoms. The molecule has 1 N–H and O–H groups in total. The number of carbonyl (C=O) groups is 2. The summed E-state index contributed by atoms with van der Waals surface area (Å²) in [4.78, 5) is 27.6. The number of rotatable bonds is 4. The van der Waals surface area contributed by atoms with E-state index in [4.69, 9.17) is 16.3 Å². The van der Waals surface area contributed by atoms with Crippen LogP contribution in [-0.4, -0.2) is 23.0 Å². The molecule has 9 heteroatoms. The average Bonchev–Trinajstić information content (AvgIpc) is 2.56. The van der Waals surface area contributed by atoms with E-state index in [1.807, 2.05) is 0 Å². The first-order chi connectivity index (χ1) is 11.7. The van der Waals surface area contributed by atoms with Gasteiger partial charge < -0.3 is 10.1 Å². The van der Waals surface area contributed by atoms with Gasteiger partial charge in [0.25, 0.3) is 5.91 Å². The molecular weight excluding hydrogens is 361 g/mol. The zero-order chi connectivity index (χ0) is 18.6. The molecule has 0 saturated heterocycles. The normalized spacial score (nSPS) is 12.4. The van der Waals surface area contributed by atoms with E-state index in [9.17, 15) is 22.8 Å². The van der Waals surface area contributed by atoms with Gasteiger partial charge in [0.05, 0.1) is 10.6 Å². The summed E-state index contributed by atoms with van der Waals surface area (Å²) in [7, 11) is 0. The summed E-state index contributed by atoms with van der Waals surface area (Å²) in [6.45, 7) is 1.29. The Morgan fingerprint density at radius 1 is 1.24 bits per heavy atom. The number of hydrogen-bond donors (Lipinski definition) is 1. The minimum atomic E-state index is -4.66. The first-order valence-electron chi connectivity index (χ1n) is 6.98. The van der Waals surface area contributed by atoms with Crippen LogP contribution in [0.15, 0.2) is 42.6 Å². The molecule has 2 aromatic rings. The quantitative estimate of drug-likeness (QED) is 0.825. The van der Waals surface area contributed by atoms with E-state index in [0.29, 0.717) is 6.07 Å². The standard InChI is InChI=1S/C16H12ClF3N2O3/c1-9(25-15(24)13-4-2-3-7-21-13)14(23)22-10-5-6-12(17)11(8-10)16(18,19)20/h2-9H,1H3,(H,22,23). The van der Waals surface area contributed by atoms with Crippen LogP contribution in [0.25, 0.3) is 0 Å². The number of alkyl halides is 3. The third-order valence-electron chi connectivity index (χ3n) is 3.07. The van der Waals surface area contributed by atoms with E-state index >= 15 is 0 Å². The highest BCUT2D eigenvalue weighted by molar-refractivity contribution is 6.31. The number of amides is 1. The number of ether oxygens (including phenoxy) is 1. The first kappa shape index (κ1) is 18.7. The van der Waals surface area contributed by atoms with Gasteiger partial charge in [0.1, 0.15) is 5.69 Å². The molecule has 0 saturated carbocycles. The Morgan fingerprint density at radius 2 is 1.96 bits per heavy atom. The molecule has 0 aliphatic carbocycles. The maximum Gasteiger partial charge on any atom is 0.417 e. The van der Waals surface area contributed by atoms with Crippen molar-refractivity contribution in [2.45, 2.75) is 19.2 Å². The molecular formula is C16H12ClF3N2O3. The van der Waals surface area contributed by atoms with Crippen LogP contribution in [0.3, 0.4) is 0 Å². The number of nitrogens with zero attached hydrogens (tertiary/aromatic N) is 1. The van der Waals surface area contributed by atoms with Crippen molar-refractivity contribution < 1.29 is 27.5 Å². The molecule has 0 bridgehead atoms. The summed E-state index contributed by atoms with van der Waals surface area (Å²) < 4.78 is 43.4. The van der Waals surface area contributed by atoms with Crippen LogP contribution in [0.5, 0.6) is 0 Å². The highest BCUT2D eigenvalue weighted by Crippen LogP contribution is 2.36. The fourth-order valence-corrected chi connectivity index (χ4v) is 2.05. The Labute approximate surface area is 145 Å². The summed E-state index contributed by atoms with van der Waals surface area (Å²) in [5.74, 6) is -1.62. The van der Waals surface area contributed by atoms with Crippen LogP contribution in [0.4, 0.5) is 18.9 Å². The zero-order valence-corrected chi connectivity index (χ0v) is 13.6. The van der Waals surface area contributed by atoms with Gasteiger partial charge in [0.15, 0.2) is 6.10 Å². The second-order valence-corrected chi connectivity index (χ2v) is 5.35. The third-order valence-corrected chi connectivity index (χ3v) is 3.40. The smallest absolute Gasteiger partial charge is 0.417 e. The van der Waals surface area contributed by atoms with Gasteiger partial charge in [-0.1, -0.05) is 17.7 Å². The van der Waals surface area contributed by atoms with Gasteiger partial charge in [-0.25, -0.2) is 9.78 Å². The van der Waals surface area contributed by atoms with E-state index < -0.39 is 34.7 Å². The molecule has 2 rings (SSSR count). The molecule has 0 fully saturated rings. The van der Waals surface area contributed by atoms with E-state index in [1.54, 1.807) is 12.1 Å². The Bertz CT molecular complexity index is 782. The van der Waals surface area contributed by atoms with Crippen LogP contribution in [-0.2, 0) is 15.7 Å². The molecule has 1 aromatic carbocycles. The number of aromatic nitrogens is 1. The van der Waals surface area contributed by atoms with Crippen molar-refractivity contribution in [3.8, 4) is 0 Å².